The number of rotatable bonds is 4. The maximum absolute atomic E-state index is 10.3. The van der Waals surface area contributed by atoms with E-state index in [9.17, 15) is 4.79 Å². The first kappa shape index (κ1) is 9.99. The van der Waals surface area contributed by atoms with Gasteiger partial charge in [-0.05, 0) is 13.8 Å². The van der Waals surface area contributed by atoms with Crippen LogP contribution < -0.4 is 5.32 Å². The van der Waals surface area contributed by atoms with Crippen molar-refractivity contribution in [3.05, 3.63) is 0 Å². The molecule has 0 amide bonds. The smallest absolute Gasteiger partial charge is 0.320 e. The van der Waals surface area contributed by atoms with Crippen molar-refractivity contribution in [2.75, 3.05) is 6.54 Å². The Bertz CT molecular complexity index is 178. The third-order valence-corrected chi connectivity index (χ3v) is 1.25. The second-order valence-corrected chi connectivity index (χ2v) is 2.19. The fraction of sp³-hybridized carbons (Fsp3) is 0.625. The van der Waals surface area contributed by atoms with Crippen LogP contribution in [0.1, 0.15) is 20.3 Å². The van der Waals surface area contributed by atoms with E-state index in [1.807, 2.05) is 0 Å². The zero-order chi connectivity index (χ0) is 8.69. The fourth-order valence-electron chi connectivity index (χ4n) is 0.563. The molecule has 0 unspecified atom stereocenters. The summed E-state index contributed by atoms with van der Waals surface area (Å²) < 4.78 is 0. The normalized spacial score (nSPS) is 11.5. The highest BCUT2D eigenvalue weighted by molar-refractivity contribution is 5.72. The molecule has 0 aliphatic carbocycles. The average molecular weight is 155 g/mol. The molecule has 0 bridgehead atoms. The Kier molecular flexibility index (Phi) is 5.22. The van der Waals surface area contributed by atoms with Gasteiger partial charge < -0.3 is 10.4 Å². The van der Waals surface area contributed by atoms with Gasteiger partial charge in [0.05, 0.1) is 0 Å². The van der Waals surface area contributed by atoms with Gasteiger partial charge in [-0.3, -0.25) is 4.79 Å². The van der Waals surface area contributed by atoms with E-state index >= 15 is 0 Å². The van der Waals surface area contributed by atoms with Gasteiger partial charge in [0, 0.05) is 13.0 Å². The summed E-state index contributed by atoms with van der Waals surface area (Å²) in [5.41, 5.74) is 0. The number of carboxylic acids is 1. The highest BCUT2D eigenvalue weighted by Crippen LogP contribution is 1.81. The van der Waals surface area contributed by atoms with Crippen LogP contribution >= 0.6 is 0 Å². The van der Waals surface area contributed by atoms with Crippen molar-refractivity contribution in [2.45, 2.75) is 26.3 Å². The number of nitrogens with one attached hydrogen (secondary N) is 1. The molecule has 11 heavy (non-hydrogen) atoms. The van der Waals surface area contributed by atoms with Gasteiger partial charge in [0.1, 0.15) is 6.04 Å². The van der Waals surface area contributed by atoms with E-state index in [1.165, 1.54) is 0 Å². The van der Waals surface area contributed by atoms with Crippen molar-refractivity contribution in [1.29, 1.82) is 0 Å². The molecule has 1 atom stereocenters. The van der Waals surface area contributed by atoms with Gasteiger partial charge in [-0.15, -0.1) is 11.8 Å². The molecule has 2 N–H and O–H groups in total. The quantitative estimate of drug-likeness (QED) is 0.458. The average Bonchev–Trinajstić information content (AvgIpc) is 1.97. The standard InChI is InChI=1S/C8H13NO2/c1-3-4-5-6-9-7(2)8(10)11/h7,9H,5-6H2,1-2H3,(H,10,11)/t7-/m0/s1. The fourth-order valence-corrected chi connectivity index (χ4v) is 0.563. The van der Waals surface area contributed by atoms with Crippen LogP contribution in [-0.2, 0) is 4.79 Å². The molecular formula is C8H13NO2. The van der Waals surface area contributed by atoms with E-state index < -0.39 is 12.0 Å². The zero-order valence-electron chi connectivity index (χ0n) is 6.85. The van der Waals surface area contributed by atoms with Crippen molar-refractivity contribution in [3.63, 3.8) is 0 Å². The van der Waals surface area contributed by atoms with Gasteiger partial charge in [-0.1, -0.05) is 0 Å². The van der Waals surface area contributed by atoms with Gasteiger partial charge in [-0.2, -0.15) is 0 Å². The summed E-state index contributed by atoms with van der Waals surface area (Å²) >= 11 is 0. The third-order valence-electron chi connectivity index (χ3n) is 1.25. The Balaban J connectivity index is 3.36. The maximum atomic E-state index is 10.3. The van der Waals surface area contributed by atoms with Crippen LogP contribution in [0.25, 0.3) is 0 Å². The second-order valence-electron chi connectivity index (χ2n) is 2.19. The monoisotopic (exact) mass is 155 g/mol. The molecule has 0 saturated carbocycles. The number of hydrogen-bond acceptors (Lipinski definition) is 2. The van der Waals surface area contributed by atoms with Crippen LogP contribution in [0, 0.1) is 11.8 Å². The van der Waals surface area contributed by atoms with E-state index in [0.717, 1.165) is 0 Å². The molecule has 0 aliphatic rings. The molecular weight excluding hydrogens is 142 g/mol. The van der Waals surface area contributed by atoms with Gasteiger partial charge in [0.15, 0.2) is 0 Å². The van der Waals surface area contributed by atoms with Crippen molar-refractivity contribution in [1.82, 2.24) is 5.32 Å². The summed E-state index contributed by atoms with van der Waals surface area (Å²) in [5, 5.41) is 11.3. The molecule has 0 radical (unpaired) electrons. The molecule has 0 aromatic heterocycles. The predicted molar refractivity (Wildman–Crippen MR) is 43.2 cm³/mol. The summed E-state index contributed by atoms with van der Waals surface area (Å²) in [7, 11) is 0. The molecule has 0 heterocycles. The van der Waals surface area contributed by atoms with Gasteiger partial charge in [-0.25, -0.2) is 0 Å². The second kappa shape index (κ2) is 5.75. The Morgan fingerprint density at radius 2 is 2.36 bits per heavy atom. The van der Waals surface area contributed by atoms with Gasteiger partial charge in [0.25, 0.3) is 0 Å². The lowest BCUT2D eigenvalue weighted by Gasteiger charge is -2.05. The summed E-state index contributed by atoms with van der Waals surface area (Å²) in [4.78, 5) is 10.3. The van der Waals surface area contributed by atoms with Crippen LogP contribution in [0.5, 0.6) is 0 Å². The van der Waals surface area contributed by atoms with Crippen LogP contribution in [-0.4, -0.2) is 23.7 Å². The van der Waals surface area contributed by atoms with Crippen molar-refractivity contribution >= 4 is 5.97 Å². The lowest BCUT2D eigenvalue weighted by atomic mass is 10.3. The van der Waals surface area contributed by atoms with Gasteiger partial charge >= 0.3 is 5.97 Å². The Morgan fingerprint density at radius 1 is 1.73 bits per heavy atom. The van der Waals surface area contributed by atoms with Crippen LogP contribution in [0.15, 0.2) is 0 Å². The van der Waals surface area contributed by atoms with Crippen molar-refractivity contribution in [3.8, 4) is 11.8 Å². The van der Waals surface area contributed by atoms with Crippen molar-refractivity contribution in [2.24, 2.45) is 0 Å². The minimum Gasteiger partial charge on any atom is -0.480 e. The third kappa shape index (κ3) is 5.43. The first-order valence-electron chi connectivity index (χ1n) is 3.54. The molecule has 3 heteroatoms. The van der Waals surface area contributed by atoms with E-state index in [2.05, 4.69) is 17.2 Å². The SMILES string of the molecule is CC#CCCN[C@@H](C)C(=O)O. The first-order chi connectivity index (χ1) is 5.18. The summed E-state index contributed by atoms with van der Waals surface area (Å²) in [6.45, 7) is 4.01. The highest BCUT2D eigenvalue weighted by Gasteiger charge is 2.07. The number of hydrogen-bond donors (Lipinski definition) is 2. The van der Waals surface area contributed by atoms with E-state index in [-0.39, 0.29) is 0 Å². The lowest BCUT2D eigenvalue weighted by Crippen LogP contribution is -2.34. The van der Waals surface area contributed by atoms with Crippen LogP contribution in [0.2, 0.25) is 0 Å². The summed E-state index contributed by atoms with van der Waals surface area (Å²) in [5.74, 6) is 4.75. The molecule has 0 rings (SSSR count). The first-order valence-corrected chi connectivity index (χ1v) is 3.54. The Morgan fingerprint density at radius 3 is 2.82 bits per heavy atom. The minimum atomic E-state index is -0.825. The molecule has 3 nitrogen and oxygen atoms in total. The molecule has 0 spiro atoms. The predicted octanol–water partition coefficient (Wildman–Crippen LogP) is 0.463. The molecule has 0 aliphatic heterocycles. The Labute approximate surface area is 66.8 Å². The molecule has 0 aromatic carbocycles. The molecule has 0 aromatic rings. The topological polar surface area (TPSA) is 49.3 Å². The van der Waals surface area contributed by atoms with E-state index in [0.29, 0.717) is 13.0 Å². The van der Waals surface area contributed by atoms with Crippen LogP contribution in [0.3, 0.4) is 0 Å². The number of carboxylic acid groups (broad SMARTS) is 1. The largest absolute Gasteiger partial charge is 0.480 e. The molecule has 0 saturated heterocycles. The van der Waals surface area contributed by atoms with Crippen LogP contribution in [0.4, 0.5) is 0 Å². The van der Waals surface area contributed by atoms with E-state index in [1.54, 1.807) is 13.8 Å². The van der Waals surface area contributed by atoms with Crippen molar-refractivity contribution < 1.29 is 9.90 Å². The minimum absolute atomic E-state index is 0.478. The van der Waals surface area contributed by atoms with E-state index in [4.69, 9.17) is 5.11 Å². The number of aliphatic carboxylic acids is 1. The maximum Gasteiger partial charge on any atom is 0.320 e. The zero-order valence-corrected chi connectivity index (χ0v) is 6.85. The summed E-state index contributed by atoms with van der Waals surface area (Å²) in [6.07, 6.45) is 0.702. The van der Waals surface area contributed by atoms with Gasteiger partial charge in [0.2, 0.25) is 0 Å². The Hall–Kier alpha value is -1.01. The lowest BCUT2D eigenvalue weighted by molar-refractivity contribution is -0.138. The number of carbonyl (C=O) groups is 1. The molecule has 0 fully saturated rings. The highest BCUT2D eigenvalue weighted by atomic mass is 16.4. The summed E-state index contributed by atoms with van der Waals surface area (Å²) in [6, 6.07) is -0.478. The molecule has 62 valence electrons.